The van der Waals surface area contributed by atoms with E-state index >= 15 is 0 Å². The van der Waals surface area contributed by atoms with Crippen LogP contribution in [0.15, 0.2) is 24.4 Å². The fourth-order valence-corrected chi connectivity index (χ4v) is 3.74. The zero-order valence-electron chi connectivity index (χ0n) is 13.7. The van der Waals surface area contributed by atoms with Crippen LogP contribution in [0.2, 0.25) is 0 Å². The second kappa shape index (κ2) is 6.34. The van der Waals surface area contributed by atoms with E-state index in [9.17, 15) is 4.79 Å². The van der Waals surface area contributed by atoms with Gasteiger partial charge in [-0.25, -0.2) is 0 Å². The van der Waals surface area contributed by atoms with Crippen molar-refractivity contribution in [2.45, 2.75) is 31.8 Å². The Bertz CT molecular complexity index is 511. The summed E-state index contributed by atoms with van der Waals surface area (Å²) in [6, 6.07) is 6.05. The number of hydrogen-bond acceptors (Lipinski definition) is 4. The van der Waals surface area contributed by atoms with Gasteiger partial charge in [0, 0.05) is 45.5 Å². The largest absolute Gasteiger partial charge is 0.340 e. The lowest BCUT2D eigenvalue weighted by Gasteiger charge is -2.51. The van der Waals surface area contributed by atoms with Gasteiger partial charge in [-0.3, -0.25) is 19.6 Å². The van der Waals surface area contributed by atoms with Crippen LogP contribution in [0.25, 0.3) is 0 Å². The van der Waals surface area contributed by atoms with Crippen LogP contribution in [0.4, 0.5) is 0 Å². The van der Waals surface area contributed by atoms with E-state index < -0.39 is 0 Å². The van der Waals surface area contributed by atoms with E-state index in [1.807, 2.05) is 23.2 Å². The number of amides is 1. The smallest absolute Gasteiger partial charge is 0.243 e. The quantitative estimate of drug-likeness (QED) is 0.841. The van der Waals surface area contributed by atoms with Crippen LogP contribution in [0, 0.1) is 0 Å². The van der Waals surface area contributed by atoms with Gasteiger partial charge in [-0.1, -0.05) is 6.07 Å². The Morgan fingerprint density at radius 2 is 1.95 bits per heavy atom. The van der Waals surface area contributed by atoms with Crippen molar-refractivity contribution in [3.8, 4) is 0 Å². The van der Waals surface area contributed by atoms with Gasteiger partial charge in [0.25, 0.3) is 0 Å². The molecule has 0 saturated carbocycles. The summed E-state index contributed by atoms with van der Waals surface area (Å²) in [5.74, 6) is 0.334. The Morgan fingerprint density at radius 1 is 1.18 bits per heavy atom. The Kier molecular flexibility index (Phi) is 4.45. The number of likely N-dealkylation sites (N-methyl/N-ethyl adjacent to an activating group) is 2. The topological polar surface area (TPSA) is 39.7 Å². The summed E-state index contributed by atoms with van der Waals surface area (Å²) in [6.07, 6.45) is 3.69. The average Bonchev–Trinajstić information content (AvgIpc) is 2.56. The molecule has 1 spiro atoms. The van der Waals surface area contributed by atoms with Gasteiger partial charge in [-0.15, -0.1) is 0 Å². The van der Waals surface area contributed by atoms with Crippen molar-refractivity contribution in [3.63, 3.8) is 0 Å². The molecule has 5 heteroatoms. The summed E-state index contributed by atoms with van der Waals surface area (Å²) in [5, 5.41) is 0. The molecule has 3 heterocycles. The zero-order valence-corrected chi connectivity index (χ0v) is 13.7. The molecule has 0 atom stereocenters. The highest BCUT2D eigenvalue weighted by Gasteiger charge is 2.48. The van der Waals surface area contributed by atoms with Crippen LogP contribution >= 0.6 is 0 Å². The number of carbonyl (C=O) groups is 1. The van der Waals surface area contributed by atoms with Gasteiger partial charge in [0.05, 0.1) is 5.69 Å². The molecule has 22 heavy (non-hydrogen) atoms. The summed E-state index contributed by atoms with van der Waals surface area (Å²) >= 11 is 0. The fraction of sp³-hybridized carbons (Fsp3) is 0.647. The third-order valence-electron chi connectivity index (χ3n) is 5.30. The Morgan fingerprint density at radius 3 is 2.59 bits per heavy atom. The predicted molar refractivity (Wildman–Crippen MR) is 86.4 cm³/mol. The maximum Gasteiger partial charge on any atom is 0.243 e. The molecule has 1 aromatic rings. The van der Waals surface area contributed by atoms with Gasteiger partial charge >= 0.3 is 0 Å². The first-order chi connectivity index (χ1) is 10.7. The van der Waals surface area contributed by atoms with E-state index in [1.54, 1.807) is 0 Å². The Hall–Kier alpha value is -1.46. The number of pyridine rings is 1. The minimum atomic E-state index is -0.269. The molecular formula is C17H26N4O. The van der Waals surface area contributed by atoms with Crippen molar-refractivity contribution >= 4 is 5.91 Å². The van der Waals surface area contributed by atoms with Crippen LogP contribution in [0.3, 0.4) is 0 Å². The molecule has 2 aliphatic heterocycles. The lowest BCUT2D eigenvalue weighted by Crippen LogP contribution is -2.67. The van der Waals surface area contributed by atoms with Gasteiger partial charge in [-0.2, -0.15) is 0 Å². The molecule has 2 aliphatic rings. The van der Waals surface area contributed by atoms with Crippen LogP contribution in [-0.4, -0.2) is 70.9 Å². The normalized spacial score (nSPS) is 23.2. The van der Waals surface area contributed by atoms with Crippen LogP contribution in [0.1, 0.15) is 25.5 Å². The SMILES string of the molecule is CCN1CCN(C)C2(CCN(Cc3ccccn3)CC2)C1=O. The molecule has 1 amide bonds. The molecule has 0 aliphatic carbocycles. The van der Waals surface area contributed by atoms with Crippen molar-refractivity contribution in [2.24, 2.45) is 0 Å². The standard InChI is InChI=1S/C17H26N4O/c1-3-21-13-12-19(2)17(16(21)22)7-10-20(11-8-17)14-15-6-4-5-9-18-15/h4-6,9H,3,7-8,10-14H2,1-2H3. The third-order valence-corrected chi connectivity index (χ3v) is 5.30. The Labute approximate surface area is 132 Å². The summed E-state index contributed by atoms with van der Waals surface area (Å²) in [4.78, 5) is 24.0. The molecule has 0 bridgehead atoms. The summed E-state index contributed by atoms with van der Waals surface area (Å²) in [7, 11) is 2.11. The van der Waals surface area contributed by atoms with Crippen molar-refractivity contribution in [2.75, 3.05) is 39.8 Å². The average molecular weight is 302 g/mol. The number of hydrogen-bond donors (Lipinski definition) is 0. The van der Waals surface area contributed by atoms with Gasteiger partial charge < -0.3 is 4.90 Å². The van der Waals surface area contributed by atoms with E-state index in [0.29, 0.717) is 5.91 Å². The minimum Gasteiger partial charge on any atom is -0.340 e. The van der Waals surface area contributed by atoms with E-state index in [1.165, 1.54) is 0 Å². The summed E-state index contributed by atoms with van der Waals surface area (Å²) in [5.41, 5.74) is 0.839. The van der Waals surface area contributed by atoms with Crippen molar-refractivity contribution in [1.82, 2.24) is 19.7 Å². The van der Waals surface area contributed by atoms with Crippen LogP contribution in [0.5, 0.6) is 0 Å². The molecule has 5 nitrogen and oxygen atoms in total. The maximum atomic E-state index is 12.9. The zero-order chi connectivity index (χ0) is 15.6. The molecule has 0 unspecified atom stereocenters. The molecule has 0 radical (unpaired) electrons. The summed E-state index contributed by atoms with van der Waals surface area (Å²) < 4.78 is 0. The number of piperazine rings is 1. The highest BCUT2D eigenvalue weighted by Crippen LogP contribution is 2.33. The van der Waals surface area contributed by atoms with Crippen molar-refractivity contribution in [3.05, 3.63) is 30.1 Å². The molecule has 1 aromatic heterocycles. The number of carbonyl (C=O) groups excluding carboxylic acids is 1. The highest BCUT2D eigenvalue weighted by atomic mass is 16.2. The lowest BCUT2D eigenvalue weighted by atomic mass is 9.82. The van der Waals surface area contributed by atoms with Gasteiger partial charge in [0.1, 0.15) is 5.54 Å². The Balaban J connectivity index is 1.65. The first-order valence-electron chi connectivity index (χ1n) is 8.28. The number of nitrogens with zero attached hydrogens (tertiary/aromatic N) is 4. The van der Waals surface area contributed by atoms with Gasteiger partial charge in [0.15, 0.2) is 0 Å². The number of piperidine rings is 1. The molecule has 120 valence electrons. The van der Waals surface area contributed by atoms with E-state index in [2.05, 4.69) is 34.8 Å². The van der Waals surface area contributed by atoms with Gasteiger partial charge in [-0.05, 0) is 38.9 Å². The monoisotopic (exact) mass is 302 g/mol. The van der Waals surface area contributed by atoms with E-state index in [4.69, 9.17) is 0 Å². The summed E-state index contributed by atoms with van der Waals surface area (Å²) in [6.45, 7) is 7.56. The highest BCUT2D eigenvalue weighted by molar-refractivity contribution is 5.87. The lowest BCUT2D eigenvalue weighted by molar-refractivity contribution is -0.154. The molecular weight excluding hydrogens is 276 g/mol. The van der Waals surface area contributed by atoms with Crippen LogP contribution < -0.4 is 0 Å². The van der Waals surface area contributed by atoms with E-state index in [-0.39, 0.29) is 5.54 Å². The van der Waals surface area contributed by atoms with Crippen molar-refractivity contribution < 1.29 is 4.79 Å². The van der Waals surface area contributed by atoms with E-state index in [0.717, 1.165) is 57.8 Å². The second-order valence-electron chi connectivity index (χ2n) is 6.44. The minimum absolute atomic E-state index is 0.269. The maximum absolute atomic E-state index is 12.9. The third kappa shape index (κ3) is 2.75. The first kappa shape index (κ1) is 15.4. The fourth-order valence-electron chi connectivity index (χ4n) is 3.74. The number of likely N-dealkylation sites (tertiary alicyclic amines) is 1. The predicted octanol–water partition coefficient (Wildman–Crippen LogP) is 1.21. The molecule has 2 saturated heterocycles. The first-order valence-corrected chi connectivity index (χ1v) is 8.28. The second-order valence-corrected chi connectivity index (χ2v) is 6.44. The number of aromatic nitrogens is 1. The van der Waals surface area contributed by atoms with Crippen LogP contribution in [-0.2, 0) is 11.3 Å². The molecule has 0 aromatic carbocycles. The molecule has 2 fully saturated rings. The number of rotatable bonds is 3. The molecule has 0 N–H and O–H groups in total. The van der Waals surface area contributed by atoms with Gasteiger partial charge in [0.2, 0.25) is 5.91 Å². The van der Waals surface area contributed by atoms with Crippen molar-refractivity contribution in [1.29, 1.82) is 0 Å². The molecule has 3 rings (SSSR count).